The number of hydrogen-bond donors (Lipinski definition) is 0. The standard InChI is InChI=1S/C16H18N2O4S/c1-10-17-12(9-23-10)8-18(2)16(19)11-6-13(20-3)15-14(7-11)21-4-5-22-15/h6-7,9H,4-5,8H2,1-3H3. The molecule has 23 heavy (non-hydrogen) atoms. The quantitative estimate of drug-likeness (QED) is 0.860. The Morgan fingerprint density at radius 1 is 1.39 bits per heavy atom. The maximum atomic E-state index is 12.7. The van der Waals surface area contributed by atoms with Gasteiger partial charge in [0, 0.05) is 18.0 Å². The Hall–Kier alpha value is -2.28. The molecular formula is C16H18N2O4S. The monoisotopic (exact) mass is 334 g/mol. The predicted molar refractivity (Wildman–Crippen MR) is 86.6 cm³/mol. The van der Waals surface area contributed by atoms with Crippen molar-refractivity contribution in [1.82, 2.24) is 9.88 Å². The van der Waals surface area contributed by atoms with E-state index in [-0.39, 0.29) is 5.91 Å². The van der Waals surface area contributed by atoms with Crippen molar-refractivity contribution in [2.45, 2.75) is 13.5 Å². The van der Waals surface area contributed by atoms with Gasteiger partial charge >= 0.3 is 0 Å². The van der Waals surface area contributed by atoms with Crippen LogP contribution in [0, 0.1) is 6.92 Å². The normalized spacial score (nSPS) is 12.8. The van der Waals surface area contributed by atoms with Crippen LogP contribution in [0.4, 0.5) is 0 Å². The van der Waals surface area contributed by atoms with Crippen LogP contribution in [0.25, 0.3) is 0 Å². The summed E-state index contributed by atoms with van der Waals surface area (Å²) >= 11 is 1.57. The number of carbonyl (C=O) groups excluding carboxylic acids is 1. The van der Waals surface area contributed by atoms with Gasteiger partial charge in [0.25, 0.3) is 5.91 Å². The first-order chi connectivity index (χ1) is 11.1. The van der Waals surface area contributed by atoms with Crippen LogP contribution in [0.1, 0.15) is 21.1 Å². The Morgan fingerprint density at radius 3 is 2.87 bits per heavy atom. The highest BCUT2D eigenvalue weighted by atomic mass is 32.1. The van der Waals surface area contributed by atoms with Crippen LogP contribution < -0.4 is 14.2 Å². The van der Waals surface area contributed by atoms with Gasteiger partial charge in [-0.05, 0) is 19.1 Å². The van der Waals surface area contributed by atoms with E-state index in [0.717, 1.165) is 10.7 Å². The summed E-state index contributed by atoms with van der Waals surface area (Å²) in [4.78, 5) is 18.7. The average Bonchev–Trinajstić information content (AvgIpc) is 2.97. The number of aryl methyl sites for hydroxylation is 1. The van der Waals surface area contributed by atoms with Gasteiger partial charge in [0.2, 0.25) is 5.75 Å². The first-order valence-corrected chi connectivity index (χ1v) is 8.10. The van der Waals surface area contributed by atoms with Crippen molar-refractivity contribution in [2.75, 3.05) is 27.4 Å². The summed E-state index contributed by atoms with van der Waals surface area (Å²) in [6.45, 7) is 3.34. The SMILES string of the molecule is COc1cc(C(=O)N(C)Cc2csc(C)n2)cc2c1OCCO2. The molecule has 1 aliphatic heterocycles. The van der Waals surface area contributed by atoms with Crippen molar-refractivity contribution in [1.29, 1.82) is 0 Å². The lowest BCUT2D eigenvalue weighted by atomic mass is 10.1. The lowest BCUT2D eigenvalue weighted by Gasteiger charge is -2.22. The van der Waals surface area contributed by atoms with Crippen molar-refractivity contribution in [3.05, 3.63) is 33.8 Å². The molecule has 0 saturated carbocycles. The van der Waals surface area contributed by atoms with Crippen LogP contribution >= 0.6 is 11.3 Å². The van der Waals surface area contributed by atoms with E-state index in [0.29, 0.717) is 42.6 Å². The third-order valence-corrected chi connectivity index (χ3v) is 4.31. The molecule has 0 unspecified atom stereocenters. The van der Waals surface area contributed by atoms with Gasteiger partial charge in [0.1, 0.15) is 13.2 Å². The molecule has 1 aromatic heterocycles. The fourth-order valence-corrected chi connectivity index (χ4v) is 3.02. The molecule has 0 aliphatic carbocycles. The highest BCUT2D eigenvalue weighted by Gasteiger charge is 2.22. The minimum atomic E-state index is -0.120. The third-order valence-electron chi connectivity index (χ3n) is 3.49. The van der Waals surface area contributed by atoms with Crippen LogP contribution in [0.3, 0.4) is 0 Å². The number of rotatable bonds is 4. The summed E-state index contributed by atoms with van der Waals surface area (Å²) in [5.74, 6) is 1.47. The minimum Gasteiger partial charge on any atom is -0.493 e. The zero-order valence-corrected chi connectivity index (χ0v) is 14.1. The molecule has 1 amide bonds. The van der Waals surface area contributed by atoms with Crippen molar-refractivity contribution >= 4 is 17.2 Å². The average molecular weight is 334 g/mol. The van der Waals surface area contributed by atoms with Crippen LogP contribution in [0.5, 0.6) is 17.2 Å². The van der Waals surface area contributed by atoms with Gasteiger partial charge in [-0.3, -0.25) is 4.79 Å². The Labute approximate surface area is 138 Å². The number of amides is 1. The Bertz CT molecular complexity index is 712. The topological polar surface area (TPSA) is 60.9 Å². The molecule has 0 atom stereocenters. The van der Waals surface area contributed by atoms with E-state index in [1.807, 2.05) is 12.3 Å². The highest BCUT2D eigenvalue weighted by Crippen LogP contribution is 2.40. The van der Waals surface area contributed by atoms with Crippen LogP contribution in [0.15, 0.2) is 17.5 Å². The largest absolute Gasteiger partial charge is 0.493 e. The summed E-state index contributed by atoms with van der Waals surface area (Å²) in [7, 11) is 3.30. The smallest absolute Gasteiger partial charge is 0.254 e. The van der Waals surface area contributed by atoms with Gasteiger partial charge in [0.15, 0.2) is 11.5 Å². The third kappa shape index (κ3) is 3.24. The fourth-order valence-electron chi connectivity index (χ4n) is 2.41. The summed E-state index contributed by atoms with van der Waals surface area (Å²) in [6, 6.07) is 3.38. The predicted octanol–water partition coefficient (Wildman–Crippen LogP) is 2.50. The molecule has 1 aromatic carbocycles. The minimum absolute atomic E-state index is 0.120. The molecule has 6 nitrogen and oxygen atoms in total. The summed E-state index contributed by atoms with van der Waals surface area (Å²) < 4.78 is 16.4. The van der Waals surface area contributed by atoms with Gasteiger partial charge in [-0.15, -0.1) is 11.3 Å². The van der Waals surface area contributed by atoms with Gasteiger partial charge < -0.3 is 19.1 Å². The van der Waals surface area contributed by atoms with Crippen molar-refractivity contribution < 1.29 is 19.0 Å². The lowest BCUT2D eigenvalue weighted by molar-refractivity contribution is 0.0781. The highest BCUT2D eigenvalue weighted by molar-refractivity contribution is 7.09. The van der Waals surface area contributed by atoms with Crippen LogP contribution in [-0.2, 0) is 6.54 Å². The Kier molecular flexibility index (Phi) is 4.38. The molecule has 122 valence electrons. The molecule has 0 fully saturated rings. The van der Waals surface area contributed by atoms with E-state index in [9.17, 15) is 4.79 Å². The van der Waals surface area contributed by atoms with E-state index in [2.05, 4.69) is 4.98 Å². The Balaban J connectivity index is 1.83. The maximum absolute atomic E-state index is 12.7. The Morgan fingerprint density at radius 2 is 2.17 bits per heavy atom. The first kappa shape index (κ1) is 15.6. The molecular weight excluding hydrogens is 316 g/mol. The molecule has 2 heterocycles. The number of fused-ring (bicyclic) bond motifs is 1. The molecule has 0 N–H and O–H groups in total. The second-order valence-corrected chi connectivity index (χ2v) is 6.28. The summed E-state index contributed by atoms with van der Waals surface area (Å²) in [5, 5.41) is 2.95. The number of nitrogens with zero attached hydrogens (tertiary/aromatic N) is 2. The molecule has 0 spiro atoms. The van der Waals surface area contributed by atoms with Gasteiger partial charge in [-0.1, -0.05) is 0 Å². The number of benzene rings is 1. The number of aromatic nitrogens is 1. The zero-order valence-electron chi connectivity index (χ0n) is 13.3. The summed E-state index contributed by atoms with van der Waals surface area (Å²) in [5.41, 5.74) is 1.38. The lowest BCUT2D eigenvalue weighted by Crippen LogP contribution is -2.27. The van der Waals surface area contributed by atoms with E-state index in [1.165, 1.54) is 0 Å². The second-order valence-electron chi connectivity index (χ2n) is 5.22. The van der Waals surface area contributed by atoms with E-state index in [1.54, 1.807) is 42.5 Å². The number of thiazole rings is 1. The molecule has 1 aliphatic rings. The molecule has 0 radical (unpaired) electrons. The number of hydrogen-bond acceptors (Lipinski definition) is 6. The van der Waals surface area contributed by atoms with E-state index < -0.39 is 0 Å². The second kappa shape index (κ2) is 6.45. The first-order valence-electron chi connectivity index (χ1n) is 7.22. The fraction of sp³-hybridized carbons (Fsp3) is 0.375. The summed E-state index contributed by atoms with van der Waals surface area (Å²) in [6.07, 6.45) is 0. The van der Waals surface area contributed by atoms with Crippen molar-refractivity contribution in [3.63, 3.8) is 0 Å². The zero-order chi connectivity index (χ0) is 16.4. The molecule has 0 saturated heterocycles. The van der Waals surface area contributed by atoms with Crippen molar-refractivity contribution in [2.24, 2.45) is 0 Å². The molecule has 0 bridgehead atoms. The van der Waals surface area contributed by atoms with Gasteiger partial charge in [-0.25, -0.2) is 4.98 Å². The number of methoxy groups -OCH3 is 1. The molecule has 2 aromatic rings. The van der Waals surface area contributed by atoms with E-state index in [4.69, 9.17) is 14.2 Å². The molecule has 3 rings (SSSR count). The molecule has 7 heteroatoms. The van der Waals surface area contributed by atoms with Gasteiger partial charge in [0.05, 0.1) is 24.4 Å². The maximum Gasteiger partial charge on any atom is 0.254 e. The van der Waals surface area contributed by atoms with E-state index >= 15 is 0 Å². The number of carbonyl (C=O) groups is 1. The van der Waals surface area contributed by atoms with Crippen LogP contribution in [0.2, 0.25) is 0 Å². The van der Waals surface area contributed by atoms with Crippen LogP contribution in [-0.4, -0.2) is 43.2 Å². The van der Waals surface area contributed by atoms with Gasteiger partial charge in [-0.2, -0.15) is 0 Å². The van der Waals surface area contributed by atoms with Crippen molar-refractivity contribution in [3.8, 4) is 17.2 Å². The number of ether oxygens (including phenoxy) is 3.